The fourth-order valence-corrected chi connectivity index (χ4v) is 3.24. The molecule has 30 heavy (non-hydrogen) atoms. The van der Waals surface area contributed by atoms with E-state index in [1.54, 1.807) is 31.4 Å². The Hall–Kier alpha value is -3.58. The molecule has 0 atom stereocenters. The van der Waals surface area contributed by atoms with Crippen LogP contribution in [0, 0.1) is 5.82 Å². The zero-order valence-corrected chi connectivity index (χ0v) is 16.4. The Kier molecular flexibility index (Phi) is 5.81. The summed E-state index contributed by atoms with van der Waals surface area (Å²) in [7, 11) is 1.61. The van der Waals surface area contributed by atoms with Gasteiger partial charge < -0.3 is 14.6 Å². The molecule has 2 heterocycles. The topological polar surface area (TPSA) is 77.2 Å². The van der Waals surface area contributed by atoms with Crippen LogP contribution in [0.3, 0.4) is 0 Å². The fourth-order valence-electron chi connectivity index (χ4n) is 3.24. The Morgan fingerprint density at radius 2 is 1.90 bits per heavy atom. The van der Waals surface area contributed by atoms with Gasteiger partial charge in [-0.05, 0) is 24.6 Å². The van der Waals surface area contributed by atoms with Crippen molar-refractivity contribution < 1.29 is 18.4 Å². The first-order valence-corrected chi connectivity index (χ1v) is 9.57. The van der Waals surface area contributed by atoms with Gasteiger partial charge in [0.15, 0.2) is 0 Å². The van der Waals surface area contributed by atoms with E-state index in [-0.39, 0.29) is 22.9 Å². The molecule has 0 aliphatic carbocycles. The minimum Gasteiger partial charge on any atom is -0.385 e. The highest BCUT2D eigenvalue weighted by Crippen LogP contribution is 2.33. The average molecular weight is 405 g/mol. The quantitative estimate of drug-likeness (QED) is 0.459. The number of fused-ring (bicyclic) bond motifs is 1. The van der Waals surface area contributed by atoms with E-state index in [0.717, 1.165) is 5.56 Å². The Morgan fingerprint density at radius 3 is 2.67 bits per heavy atom. The number of hydrogen-bond acceptors (Lipinski definition) is 5. The second-order valence-electron chi connectivity index (χ2n) is 6.71. The van der Waals surface area contributed by atoms with E-state index in [2.05, 4.69) is 15.5 Å². The van der Waals surface area contributed by atoms with Gasteiger partial charge in [-0.3, -0.25) is 4.79 Å². The van der Waals surface area contributed by atoms with E-state index in [0.29, 0.717) is 36.2 Å². The predicted molar refractivity (Wildman–Crippen MR) is 111 cm³/mol. The first-order chi connectivity index (χ1) is 14.7. The van der Waals surface area contributed by atoms with Crippen LogP contribution < -0.4 is 5.32 Å². The van der Waals surface area contributed by atoms with Crippen LogP contribution in [0.1, 0.15) is 16.8 Å². The van der Waals surface area contributed by atoms with E-state index >= 15 is 0 Å². The number of aromatic nitrogens is 2. The maximum absolute atomic E-state index is 14.4. The number of nitrogens with one attached hydrogen (secondary N) is 1. The molecule has 1 amide bonds. The monoisotopic (exact) mass is 405 g/mol. The highest BCUT2D eigenvalue weighted by molar-refractivity contribution is 6.10. The molecule has 0 fully saturated rings. The molecule has 0 radical (unpaired) electrons. The lowest BCUT2D eigenvalue weighted by molar-refractivity contribution is 0.0950. The summed E-state index contributed by atoms with van der Waals surface area (Å²) < 4.78 is 24.9. The molecule has 7 heteroatoms. The van der Waals surface area contributed by atoms with Gasteiger partial charge in [0, 0.05) is 31.4 Å². The van der Waals surface area contributed by atoms with E-state index in [9.17, 15) is 9.18 Å². The third-order valence-corrected chi connectivity index (χ3v) is 4.70. The summed E-state index contributed by atoms with van der Waals surface area (Å²) in [6.07, 6.45) is 0.672. The van der Waals surface area contributed by atoms with E-state index in [1.165, 1.54) is 6.07 Å². The Bertz CT molecular complexity index is 1180. The zero-order chi connectivity index (χ0) is 20.9. The SMILES string of the molecule is COCCCNC(=O)c1cc(-c2ccccc2)nc2onc(-c3ccccc3F)c12. The summed E-state index contributed by atoms with van der Waals surface area (Å²) in [4.78, 5) is 17.6. The third-order valence-electron chi connectivity index (χ3n) is 4.70. The number of methoxy groups -OCH3 is 1. The molecule has 0 saturated carbocycles. The molecule has 0 bridgehead atoms. The molecule has 0 aliphatic heterocycles. The molecule has 2 aromatic carbocycles. The average Bonchev–Trinajstić information content (AvgIpc) is 3.21. The summed E-state index contributed by atoms with van der Waals surface area (Å²) in [5, 5.41) is 7.29. The van der Waals surface area contributed by atoms with Crippen LogP contribution >= 0.6 is 0 Å². The van der Waals surface area contributed by atoms with E-state index in [4.69, 9.17) is 9.26 Å². The first-order valence-electron chi connectivity index (χ1n) is 9.57. The number of benzene rings is 2. The van der Waals surface area contributed by atoms with Crippen LogP contribution in [0.25, 0.3) is 33.6 Å². The van der Waals surface area contributed by atoms with E-state index in [1.807, 2.05) is 30.3 Å². The van der Waals surface area contributed by atoms with Crippen LogP contribution in [-0.4, -0.2) is 36.3 Å². The number of amides is 1. The summed E-state index contributed by atoms with van der Waals surface area (Å²) in [5.74, 6) is -0.761. The van der Waals surface area contributed by atoms with Crippen molar-refractivity contribution in [3.63, 3.8) is 0 Å². The van der Waals surface area contributed by atoms with Gasteiger partial charge in [-0.2, -0.15) is 0 Å². The van der Waals surface area contributed by atoms with Crippen molar-refractivity contribution in [3.05, 3.63) is 72.0 Å². The molecule has 4 rings (SSSR count). The molecule has 2 aromatic heterocycles. The standard InChI is InChI=1S/C23H20FN3O3/c1-29-13-7-12-25-22(28)17-14-19(15-8-3-2-4-9-15)26-23-20(17)21(27-30-23)16-10-5-6-11-18(16)24/h2-6,8-11,14H,7,12-13H2,1H3,(H,25,28). The molecular weight excluding hydrogens is 385 g/mol. The molecule has 0 aliphatic rings. The highest BCUT2D eigenvalue weighted by Gasteiger charge is 2.23. The largest absolute Gasteiger partial charge is 0.385 e. The van der Waals surface area contributed by atoms with Crippen LogP contribution in [0.15, 0.2) is 65.2 Å². The van der Waals surface area contributed by atoms with Crippen LogP contribution in [0.2, 0.25) is 0 Å². The molecule has 0 spiro atoms. The molecule has 0 saturated heterocycles. The lowest BCUT2D eigenvalue weighted by atomic mass is 10.0. The molecular formula is C23H20FN3O3. The molecule has 1 N–H and O–H groups in total. The Morgan fingerprint density at radius 1 is 1.13 bits per heavy atom. The van der Waals surface area contributed by atoms with Crippen LogP contribution in [0.4, 0.5) is 4.39 Å². The summed E-state index contributed by atoms with van der Waals surface area (Å²) >= 11 is 0. The number of carbonyl (C=O) groups excluding carboxylic acids is 1. The molecule has 6 nitrogen and oxygen atoms in total. The Balaban J connectivity index is 1.84. The van der Waals surface area contributed by atoms with Crippen LogP contribution in [0.5, 0.6) is 0 Å². The van der Waals surface area contributed by atoms with Gasteiger partial charge in [0.2, 0.25) is 0 Å². The van der Waals surface area contributed by atoms with Gasteiger partial charge >= 0.3 is 0 Å². The minimum absolute atomic E-state index is 0.177. The smallest absolute Gasteiger partial charge is 0.259 e. The van der Waals surface area contributed by atoms with Gasteiger partial charge in [-0.25, -0.2) is 9.37 Å². The lowest BCUT2D eigenvalue weighted by Crippen LogP contribution is -2.25. The number of nitrogens with zero attached hydrogens (tertiary/aromatic N) is 2. The minimum atomic E-state index is -0.453. The fraction of sp³-hybridized carbons (Fsp3) is 0.174. The van der Waals surface area contributed by atoms with Crippen molar-refractivity contribution in [2.75, 3.05) is 20.3 Å². The third kappa shape index (κ3) is 3.92. The number of halogens is 1. The van der Waals surface area contributed by atoms with Crippen LogP contribution in [-0.2, 0) is 4.74 Å². The zero-order valence-electron chi connectivity index (χ0n) is 16.4. The second-order valence-corrected chi connectivity index (χ2v) is 6.71. The van der Waals surface area contributed by atoms with Gasteiger partial charge in [0.1, 0.15) is 11.5 Å². The van der Waals surface area contributed by atoms with E-state index < -0.39 is 5.82 Å². The first kappa shape index (κ1) is 19.7. The normalized spacial score (nSPS) is 11.0. The number of ether oxygens (including phenoxy) is 1. The number of carbonyl (C=O) groups is 1. The van der Waals surface area contributed by atoms with Crippen molar-refractivity contribution in [1.29, 1.82) is 0 Å². The Labute approximate surface area is 172 Å². The molecule has 0 unspecified atom stereocenters. The van der Waals surface area contributed by atoms with Crippen molar-refractivity contribution in [2.45, 2.75) is 6.42 Å². The number of hydrogen-bond donors (Lipinski definition) is 1. The van der Waals surface area contributed by atoms with Crippen molar-refractivity contribution in [1.82, 2.24) is 15.5 Å². The maximum Gasteiger partial charge on any atom is 0.259 e. The van der Waals surface area contributed by atoms with Gasteiger partial charge in [0.05, 0.1) is 16.6 Å². The van der Waals surface area contributed by atoms with Gasteiger partial charge in [-0.15, -0.1) is 0 Å². The second kappa shape index (κ2) is 8.84. The predicted octanol–water partition coefficient (Wildman–Crippen LogP) is 4.46. The van der Waals surface area contributed by atoms with Gasteiger partial charge in [0.25, 0.3) is 11.6 Å². The highest BCUT2D eigenvalue weighted by atomic mass is 19.1. The number of rotatable bonds is 7. The lowest BCUT2D eigenvalue weighted by Gasteiger charge is -2.09. The van der Waals surface area contributed by atoms with Crippen molar-refractivity contribution >= 4 is 17.0 Å². The number of pyridine rings is 1. The summed E-state index contributed by atoms with van der Waals surface area (Å²) in [6.45, 7) is 0.979. The van der Waals surface area contributed by atoms with Crippen molar-refractivity contribution in [3.8, 4) is 22.5 Å². The molecule has 152 valence electrons. The summed E-state index contributed by atoms with van der Waals surface area (Å²) in [5.41, 5.74) is 2.40. The molecule has 4 aromatic rings. The van der Waals surface area contributed by atoms with Gasteiger partial charge in [-0.1, -0.05) is 47.6 Å². The summed E-state index contributed by atoms with van der Waals surface area (Å²) in [6, 6.07) is 17.4. The maximum atomic E-state index is 14.4. The van der Waals surface area contributed by atoms with Crippen molar-refractivity contribution in [2.24, 2.45) is 0 Å².